The Morgan fingerprint density at radius 3 is 2.64 bits per heavy atom. The fourth-order valence-electron chi connectivity index (χ4n) is 1.93. The van der Waals surface area contributed by atoms with Crippen molar-refractivity contribution in [1.82, 2.24) is 0 Å². The lowest BCUT2D eigenvalue weighted by atomic mass is 9.88. The van der Waals surface area contributed by atoms with Crippen molar-refractivity contribution in [3.63, 3.8) is 0 Å². The molecule has 0 heterocycles. The zero-order chi connectivity index (χ0) is 10.2. The van der Waals surface area contributed by atoms with Gasteiger partial charge in [-0.1, -0.05) is 24.3 Å². The summed E-state index contributed by atoms with van der Waals surface area (Å²) in [5.74, 6) is 0.323. The van der Waals surface area contributed by atoms with Gasteiger partial charge >= 0.3 is 0 Å². The Hall–Kier alpha value is -1.15. The summed E-state index contributed by atoms with van der Waals surface area (Å²) in [6, 6.07) is 7.26. The summed E-state index contributed by atoms with van der Waals surface area (Å²) in [5.41, 5.74) is 0.527. The molecule has 1 aliphatic carbocycles. The maximum Gasteiger partial charge on any atom is 0.150 e. The fourth-order valence-corrected chi connectivity index (χ4v) is 1.93. The van der Waals surface area contributed by atoms with Crippen LogP contribution in [0.3, 0.4) is 0 Å². The molecule has 1 fully saturated rings. The minimum Gasteiger partial charge on any atom is -0.385 e. The third kappa shape index (κ3) is 1.46. The number of aldehydes is 1. The van der Waals surface area contributed by atoms with Crippen LogP contribution < -0.4 is 0 Å². The van der Waals surface area contributed by atoms with Crippen LogP contribution in [0.1, 0.15) is 35.7 Å². The molecular weight excluding hydrogens is 176 g/mol. The first-order valence-corrected chi connectivity index (χ1v) is 4.93. The van der Waals surface area contributed by atoms with Gasteiger partial charge in [-0.25, -0.2) is 0 Å². The summed E-state index contributed by atoms with van der Waals surface area (Å²) >= 11 is 0. The summed E-state index contributed by atoms with van der Waals surface area (Å²) in [6.45, 7) is 1.80. The van der Waals surface area contributed by atoms with E-state index < -0.39 is 5.60 Å². The van der Waals surface area contributed by atoms with Gasteiger partial charge in [-0.3, -0.25) is 4.79 Å². The molecule has 74 valence electrons. The first-order valence-electron chi connectivity index (χ1n) is 4.93. The van der Waals surface area contributed by atoms with Crippen molar-refractivity contribution in [3.05, 3.63) is 35.4 Å². The highest BCUT2D eigenvalue weighted by molar-refractivity contribution is 5.77. The average molecular weight is 190 g/mol. The second kappa shape index (κ2) is 3.21. The van der Waals surface area contributed by atoms with Gasteiger partial charge in [0.2, 0.25) is 0 Å². The number of aliphatic hydroxyl groups is 1. The molecule has 2 heteroatoms. The van der Waals surface area contributed by atoms with E-state index in [2.05, 4.69) is 0 Å². The molecule has 0 aromatic heterocycles. The molecule has 1 aromatic rings. The van der Waals surface area contributed by atoms with Gasteiger partial charge in [0.1, 0.15) is 6.29 Å². The highest BCUT2D eigenvalue weighted by Crippen LogP contribution is 2.45. The molecule has 1 aliphatic rings. The van der Waals surface area contributed by atoms with E-state index in [4.69, 9.17) is 0 Å². The monoisotopic (exact) mass is 190 g/mol. The predicted molar refractivity (Wildman–Crippen MR) is 54.1 cm³/mol. The lowest BCUT2D eigenvalue weighted by Gasteiger charge is -2.24. The molecule has 0 spiro atoms. The summed E-state index contributed by atoms with van der Waals surface area (Å²) in [7, 11) is 0. The minimum atomic E-state index is -0.836. The first-order chi connectivity index (χ1) is 6.66. The van der Waals surface area contributed by atoms with Crippen molar-refractivity contribution in [2.45, 2.75) is 25.4 Å². The van der Waals surface area contributed by atoms with E-state index in [0.29, 0.717) is 11.5 Å². The maximum atomic E-state index is 10.8. The van der Waals surface area contributed by atoms with Crippen LogP contribution in [0.15, 0.2) is 24.3 Å². The van der Waals surface area contributed by atoms with E-state index in [0.717, 1.165) is 24.7 Å². The molecule has 1 saturated carbocycles. The number of carbonyl (C=O) groups excluding carboxylic acids is 1. The van der Waals surface area contributed by atoms with Gasteiger partial charge in [-0.2, -0.15) is 0 Å². The number of rotatable bonds is 3. The van der Waals surface area contributed by atoms with Crippen molar-refractivity contribution in [2.75, 3.05) is 0 Å². The summed E-state index contributed by atoms with van der Waals surface area (Å²) in [6.07, 6.45) is 2.92. The van der Waals surface area contributed by atoms with Crippen LogP contribution in [0, 0.1) is 5.92 Å². The normalized spacial score (nSPS) is 20.1. The number of carbonyl (C=O) groups is 1. The van der Waals surface area contributed by atoms with Gasteiger partial charge in [0.15, 0.2) is 0 Å². The van der Waals surface area contributed by atoms with E-state index >= 15 is 0 Å². The van der Waals surface area contributed by atoms with Crippen molar-refractivity contribution in [2.24, 2.45) is 5.92 Å². The smallest absolute Gasteiger partial charge is 0.150 e. The SMILES string of the molecule is CC(O)(c1ccccc1C=O)C1CC1. The summed E-state index contributed by atoms with van der Waals surface area (Å²) < 4.78 is 0. The molecule has 0 aliphatic heterocycles. The molecule has 0 amide bonds. The third-order valence-corrected chi connectivity index (χ3v) is 3.01. The maximum absolute atomic E-state index is 10.8. The Morgan fingerprint density at radius 2 is 2.07 bits per heavy atom. The highest BCUT2D eigenvalue weighted by Gasteiger charge is 2.42. The van der Waals surface area contributed by atoms with Crippen LogP contribution in [0.4, 0.5) is 0 Å². The van der Waals surface area contributed by atoms with Gasteiger partial charge in [0.25, 0.3) is 0 Å². The molecule has 2 nitrogen and oxygen atoms in total. The summed E-state index contributed by atoms with van der Waals surface area (Å²) in [5, 5.41) is 10.3. The standard InChI is InChI=1S/C12H14O2/c1-12(14,10-6-7-10)11-5-3-2-4-9(11)8-13/h2-5,8,10,14H,6-7H2,1H3. The molecule has 1 aromatic carbocycles. The van der Waals surface area contributed by atoms with E-state index in [1.54, 1.807) is 13.0 Å². The Kier molecular flexibility index (Phi) is 2.16. The molecular formula is C12H14O2. The van der Waals surface area contributed by atoms with E-state index in [-0.39, 0.29) is 0 Å². The Morgan fingerprint density at radius 1 is 1.43 bits per heavy atom. The number of hydrogen-bond acceptors (Lipinski definition) is 2. The van der Waals surface area contributed by atoms with Crippen LogP contribution in [-0.4, -0.2) is 11.4 Å². The Bertz CT molecular complexity index is 351. The zero-order valence-electron chi connectivity index (χ0n) is 8.23. The van der Waals surface area contributed by atoms with Crippen LogP contribution in [0.2, 0.25) is 0 Å². The average Bonchev–Trinajstić information content (AvgIpc) is 3.01. The van der Waals surface area contributed by atoms with Crippen LogP contribution in [0.5, 0.6) is 0 Å². The second-order valence-corrected chi connectivity index (χ2v) is 4.13. The van der Waals surface area contributed by atoms with Crippen molar-refractivity contribution < 1.29 is 9.90 Å². The molecule has 1 N–H and O–H groups in total. The number of hydrogen-bond donors (Lipinski definition) is 1. The van der Waals surface area contributed by atoms with Gasteiger partial charge in [0, 0.05) is 5.56 Å². The molecule has 14 heavy (non-hydrogen) atoms. The van der Waals surface area contributed by atoms with E-state index in [1.165, 1.54) is 0 Å². The van der Waals surface area contributed by atoms with Gasteiger partial charge < -0.3 is 5.11 Å². The molecule has 2 rings (SSSR count). The largest absolute Gasteiger partial charge is 0.385 e. The minimum absolute atomic E-state index is 0.323. The molecule has 1 atom stereocenters. The predicted octanol–water partition coefficient (Wildman–Crippen LogP) is 2.12. The van der Waals surface area contributed by atoms with Crippen LogP contribution in [-0.2, 0) is 5.60 Å². The van der Waals surface area contributed by atoms with E-state index in [1.807, 2.05) is 18.2 Å². The van der Waals surface area contributed by atoms with Gasteiger partial charge in [0.05, 0.1) is 5.60 Å². The molecule has 1 unspecified atom stereocenters. The molecule has 0 saturated heterocycles. The quantitative estimate of drug-likeness (QED) is 0.741. The van der Waals surface area contributed by atoms with Crippen LogP contribution in [0.25, 0.3) is 0 Å². The Labute approximate surface area is 83.6 Å². The second-order valence-electron chi connectivity index (χ2n) is 4.13. The Balaban J connectivity index is 2.43. The lowest BCUT2D eigenvalue weighted by Crippen LogP contribution is -2.25. The fraction of sp³-hybridized carbons (Fsp3) is 0.417. The topological polar surface area (TPSA) is 37.3 Å². The third-order valence-electron chi connectivity index (χ3n) is 3.01. The van der Waals surface area contributed by atoms with Crippen molar-refractivity contribution >= 4 is 6.29 Å². The number of benzene rings is 1. The van der Waals surface area contributed by atoms with Crippen molar-refractivity contribution in [1.29, 1.82) is 0 Å². The lowest BCUT2D eigenvalue weighted by molar-refractivity contribution is 0.0323. The zero-order valence-corrected chi connectivity index (χ0v) is 8.23. The van der Waals surface area contributed by atoms with E-state index in [9.17, 15) is 9.90 Å². The molecule has 0 radical (unpaired) electrons. The van der Waals surface area contributed by atoms with Gasteiger partial charge in [-0.15, -0.1) is 0 Å². The summed E-state index contributed by atoms with van der Waals surface area (Å²) in [4.78, 5) is 10.8. The first kappa shape index (κ1) is 9.41. The highest BCUT2D eigenvalue weighted by atomic mass is 16.3. The molecule has 0 bridgehead atoms. The van der Waals surface area contributed by atoms with Gasteiger partial charge in [-0.05, 0) is 31.2 Å². The van der Waals surface area contributed by atoms with Crippen LogP contribution >= 0.6 is 0 Å². The van der Waals surface area contributed by atoms with Crippen molar-refractivity contribution in [3.8, 4) is 0 Å².